The van der Waals surface area contributed by atoms with Gasteiger partial charge in [-0.2, -0.15) is 0 Å². The largest absolute Gasteiger partial charge is 0.493 e. The minimum absolute atomic E-state index is 0.165. The van der Waals surface area contributed by atoms with Crippen molar-refractivity contribution in [1.82, 2.24) is 19.9 Å². The third-order valence-electron chi connectivity index (χ3n) is 5.90. The second-order valence-corrected chi connectivity index (χ2v) is 8.94. The number of carbonyl (C=O) groups excluding carboxylic acids is 1. The Morgan fingerprint density at radius 1 is 1.08 bits per heavy atom. The van der Waals surface area contributed by atoms with Crippen LogP contribution in [-0.2, 0) is 11.2 Å². The van der Waals surface area contributed by atoms with Gasteiger partial charge in [-0.15, -0.1) is 11.3 Å². The van der Waals surface area contributed by atoms with E-state index in [0.29, 0.717) is 30.2 Å². The van der Waals surface area contributed by atoms with Crippen LogP contribution in [0.2, 0.25) is 0 Å². The van der Waals surface area contributed by atoms with Crippen molar-refractivity contribution < 1.29 is 19.0 Å². The molecule has 0 atom stereocenters. The molecule has 9 heteroatoms. The van der Waals surface area contributed by atoms with Crippen LogP contribution in [0.3, 0.4) is 0 Å². The van der Waals surface area contributed by atoms with Crippen molar-refractivity contribution >= 4 is 17.2 Å². The van der Waals surface area contributed by atoms with Gasteiger partial charge in [-0.25, -0.2) is 4.98 Å². The van der Waals surface area contributed by atoms with E-state index >= 15 is 0 Å². The Labute approximate surface area is 214 Å². The lowest BCUT2D eigenvalue weighted by atomic mass is 10.2. The molecule has 8 nitrogen and oxygen atoms in total. The molecule has 0 aliphatic carbocycles. The lowest BCUT2D eigenvalue weighted by Gasteiger charge is -2.14. The molecule has 0 saturated carbocycles. The summed E-state index contributed by atoms with van der Waals surface area (Å²) in [5.74, 6) is 1.07. The smallest absolute Gasteiger partial charge is 0.253 e. The molecule has 0 aliphatic rings. The number of benzene rings is 1. The Bertz CT molecular complexity index is 1360. The number of hydrogen-bond donors (Lipinski definition) is 1. The second kappa shape index (κ2) is 11.4. The second-order valence-electron chi connectivity index (χ2n) is 8.08. The Hall–Kier alpha value is -3.69. The monoisotopic (exact) mass is 506 g/mol. The molecular weight excluding hydrogens is 476 g/mol. The molecule has 3 heterocycles. The van der Waals surface area contributed by atoms with E-state index in [1.54, 1.807) is 32.7 Å². The summed E-state index contributed by atoms with van der Waals surface area (Å²) in [6.07, 6.45) is 2.67. The average Bonchev–Trinajstić information content (AvgIpc) is 3.53. The quantitative estimate of drug-likeness (QED) is 0.307. The van der Waals surface area contributed by atoms with Crippen LogP contribution in [-0.4, -0.2) is 54.9 Å². The SMILES string of the molecule is CCc1cc(-c2nc(-c3cc(C(=O)NCCOC)c(C)n3-c3ccc(OC)c(OC)c3)cs2)ccn1. The summed E-state index contributed by atoms with van der Waals surface area (Å²) in [6.45, 7) is 4.87. The molecule has 0 bridgehead atoms. The zero-order valence-corrected chi connectivity index (χ0v) is 21.9. The molecule has 4 aromatic rings. The number of methoxy groups -OCH3 is 3. The van der Waals surface area contributed by atoms with Crippen LogP contribution in [0.5, 0.6) is 11.5 Å². The van der Waals surface area contributed by atoms with E-state index < -0.39 is 0 Å². The first kappa shape index (κ1) is 25.4. The number of nitrogens with zero attached hydrogens (tertiary/aromatic N) is 3. The first-order chi connectivity index (χ1) is 17.5. The molecule has 0 spiro atoms. The zero-order chi connectivity index (χ0) is 25.7. The van der Waals surface area contributed by atoms with Gasteiger partial charge in [0.2, 0.25) is 0 Å². The number of nitrogens with one attached hydrogen (secondary N) is 1. The molecule has 4 rings (SSSR count). The molecule has 1 amide bonds. The fourth-order valence-corrected chi connectivity index (χ4v) is 4.82. The van der Waals surface area contributed by atoms with Crippen LogP contribution in [0.4, 0.5) is 0 Å². The molecule has 3 aromatic heterocycles. The Morgan fingerprint density at radius 3 is 2.61 bits per heavy atom. The highest BCUT2D eigenvalue weighted by molar-refractivity contribution is 7.13. The number of pyridine rings is 1. The summed E-state index contributed by atoms with van der Waals surface area (Å²) in [5.41, 5.74) is 5.83. The number of carbonyl (C=O) groups is 1. The normalized spacial score (nSPS) is 10.9. The summed E-state index contributed by atoms with van der Waals surface area (Å²) in [7, 11) is 4.81. The third kappa shape index (κ3) is 5.12. The van der Waals surface area contributed by atoms with Crippen molar-refractivity contribution in [2.45, 2.75) is 20.3 Å². The lowest BCUT2D eigenvalue weighted by Crippen LogP contribution is -2.27. The van der Waals surface area contributed by atoms with Gasteiger partial charge in [0, 0.05) is 53.9 Å². The first-order valence-corrected chi connectivity index (χ1v) is 12.5. The zero-order valence-electron chi connectivity index (χ0n) is 21.1. The minimum atomic E-state index is -0.165. The van der Waals surface area contributed by atoms with E-state index in [-0.39, 0.29) is 5.91 Å². The van der Waals surface area contributed by atoms with Crippen LogP contribution in [0.1, 0.15) is 28.7 Å². The predicted octanol–water partition coefficient (Wildman–Crippen LogP) is 4.93. The van der Waals surface area contributed by atoms with Crippen LogP contribution in [0, 0.1) is 6.92 Å². The van der Waals surface area contributed by atoms with Gasteiger partial charge in [0.25, 0.3) is 5.91 Å². The van der Waals surface area contributed by atoms with E-state index in [4.69, 9.17) is 19.2 Å². The molecule has 0 unspecified atom stereocenters. The number of thiazole rings is 1. The van der Waals surface area contributed by atoms with E-state index in [2.05, 4.69) is 23.3 Å². The van der Waals surface area contributed by atoms with E-state index in [0.717, 1.165) is 45.5 Å². The van der Waals surface area contributed by atoms with E-state index in [1.165, 1.54) is 0 Å². The van der Waals surface area contributed by atoms with Crippen molar-refractivity contribution in [2.24, 2.45) is 0 Å². The average molecular weight is 507 g/mol. The van der Waals surface area contributed by atoms with Gasteiger partial charge in [0.15, 0.2) is 11.5 Å². The standard InChI is InChI=1S/C27H30N4O4S/c1-6-19-13-18(9-10-28-19)27-30-22(16-36-27)23-15-21(26(32)29-11-12-33-3)17(2)31(23)20-7-8-24(34-4)25(14-20)35-5/h7-10,13-16H,6,11-12H2,1-5H3,(H,29,32). The number of hydrogen-bond acceptors (Lipinski definition) is 7. The van der Waals surface area contributed by atoms with Gasteiger partial charge >= 0.3 is 0 Å². The van der Waals surface area contributed by atoms with Crippen molar-refractivity contribution in [3.8, 4) is 39.1 Å². The number of ether oxygens (including phenoxy) is 3. The summed E-state index contributed by atoms with van der Waals surface area (Å²) in [5, 5.41) is 5.83. The van der Waals surface area contributed by atoms with Crippen LogP contribution >= 0.6 is 11.3 Å². The van der Waals surface area contributed by atoms with Crippen molar-refractivity contribution in [2.75, 3.05) is 34.5 Å². The summed E-state index contributed by atoms with van der Waals surface area (Å²) in [6, 6.07) is 11.6. The van der Waals surface area contributed by atoms with Crippen LogP contribution < -0.4 is 14.8 Å². The van der Waals surface area contributed by atoms with Gasteiger partial charge in [0.05, 0.1) is 37.8 Å². The van der Waals surface area contributed by atoms with E-state index in [9.17, 15) is 4.79 Å². The maximum Gasteiger partial charge on any atom is 0.253 e. The number of aryl methyl sites for hydroxylation is 1. The number of amides is 1. The van der Waals surface area contributed by atoms with Crippen LogP contribution in [0.15, 0.2) is 48.0 Å². The van der Waals surface area contributed by atoms with Gasteiger partial charge in [-0.3, -0.25) is 9.78 Å². The summed E-state index contributed by atoms with van der Waals surface area (Å²) < 4.78 is 18.1. The lowest BCUT2D eigenvalue weighted by molar-refractivity contribution is 0.0936. The molecular formula is C27H30N4O4S. The molecule has 0 fully saturated rings. The predicted molar refractivity (Wildman–Crippen MR) is 142 cm³/mol. The Balaban J connectivity index is 1.82. The number of aromatic nitrogens is 3. The van der Waals surface area contributed by atoms with Gasteiger partial charge in [-0.1, -0.05) is 6.92 Å². The molecule has 1 N–H and O–H groups in total. The summed E-state index contributed by atoms with van der Waals surface area (Å²) in [4.78, 5) is 22.4. The fourth-order valence-electron chi connectivity index (χ4n) is 4.01. The maximum absolute atomic E-state index is 13.0. The van der Waals surface area contributed by atoms with Gasteiger partial charge in [0.1, 0.15) is 5.01 Å². The molecule has 0 radical (unpaired) electrons. The van der Waals surface area contributed by atoms with Crippen molar-refractivity contribution in [3.05, 3.63) is 64.9 Å². The fraction of sp³-hybridized carbons (Fsp3) is 0.296. The number of rotatable bonds is 10. The highest BCUT2D eigenvalue weighted by atomic mass is 32.1. The van der Waals surface area contributed by atoms with Crippen LogP contribution in [0.25, 0.3) is 27.6 Å². The van der Waals surface area contributed by atoms with Crippen molar-refractivity contribution in [3.63, 3.8) is 0 Å². The van der Waals surface area contributed by atoms with E-state index in [1.807, 2.05) is 53.4 Å². The first-order valence-electron chi connectivity index (χ1n) is 11.6. The van der Waals surface area contributed by atoms with Gasteiger partial charge < -0.3 is 24.1 Å². The maximum atomic E-state index is 13.0. The third-order valence-corrected chi connectivity index (χ3v) is 6.79. The topological polar surface area (TPSA) is 87.5 Å². The minimum Gasteiger partial charge on any atom is -0.493 e. The highest BCUT2D eigenvalue weighted by Gasteiger charge is 2.22. The molecule has 188 valence electrons. The van der Waals surface area contributed by atoms with Crippen molar-refractivity contribution in [1.29, 1.82) is 0 Å². The molecule has 0 aliphatic heterocycles. The van der Waals surface area contributed by atoms with Gasteiger partial charge in [-0.05, 0) is 43.7 Å². The molecule has 36 heavy (non-hydrogen) atoms. The Kier molecular flexibility index (Phi) is 8.02. The molecule has 0 saturated heterocycles. The molecule has 1 aromatic carbocycles. The summed E-state index contributed by atoms with van der Waals surface area (Å²) >= 11 is 1.56. The Morgan fingerprint density at radius 2 is 1.89 bits per heavy atom. The highest BCUT2D eigenvalue weighted by Crippen LogP contribution is 2.36.